The van der Waals surface area contributed by atoms with Crippen LogP contribution < -0.4 is 15.4 Å². The minimum atomic E-state index is -0.320. The normalized spacial score (nSPS) is 10.9. The van der Waals surface area contributed by atoms with Gasteiger partial charge in [0.1, 0.15) is 17.1 Å². The molecule has 0 radical (unpaired) electrons. The van der Waals surface area contributed by atoms with E-state index in [0.29, 0.717) is 17.1 Å². The lowest BCUT2D eigenvalue weighted by Gasteiger charge is -2.09. The van der Waals surface area contributed by atoms with E-state index in [1.165, 1.54) is 0 Å². The van der Waals surface area contributed by atoms with Crippen molar-refractivity contribution >= 4 is 35.1 Å². The Morgan fingerprint density at radius 3 is 2.15 bits per heavy atom. The summed E-state index contributed by atoms with van der Waals surface area (Å²) < 4.78 is 5.21. The molecule has 0 spiro atoms. The molecule has 0 aliphatic rings. The molecule has 0 aliphatic heterocycles. The van der Waals surface area contributed by atoms with Gasteiger partial charge in [-0.25, -0.2) is 4.99 Å². The maximum atomic E-state index is 13.2. The number of nitrogens with one attached hydrogen (secondary N) is 3. The summed E-state index contributed by atoms with van der Waals surface area (Å²) in [5.41, 5.74) is 4.97. The number of nitrogens with zero attached hydrogens (tertiary/aromatic N) is 2. The van der Waals surface area contributed by atoms with Crippen molar-refractivity contribution in [3.05, 3.63) is 95.1 Å². The number of H-pyrrole nitrogens is 1. The standard InChI is InChI=1S/C26H25N5O2/c1-17-4-8-19(9-5-17)16-27-24-23(26(32)29-21-10-6-18(2)7-11-21)25(31-30-24)28-20-12-14-22(33-3)15-13-20/h4-16H,1-3H3,(H,29,32)(H2,28,30,31). The molecule has 4 rings (SSSR count). The number of methoxy groups -OCH3 is 1. The first-order valence-corrected chi connectivity index (χ1v) is 10.5. The van der Waals surface area contributed by atoms with Crippen molar-refractivity contribution in [1.82, 2.24) is 10.2 Å². The zero-order chi connectivity index (χ0) is 23.2. The molecule has 1 amide bonds. The maximum Gasteiger partial charge on any atom is 0.263 e. The fourth-order valence-corrected chi connectivity index (χ4v) is 3.17. The van der Waals surface area contributed by atoms with E-state index in [9.17, 15) is 4.79 Å². The molecule has 3 N–H and O–H groups in total. The van der Waals surface area contributed by atoms with Crippen molar-refractivity contribution in [1.29, 1.82) is 0 Å². The number of carbonyl (C=O) groups excluding carboxylic acids is 1. The molecule has 0 unspecified atom stereocenters. The first-order valence-electron chi connectivity index (χ1n) is 10.5. The first-order chi connectivity index (χ1) is 16.0. The summed E-state index contributed by atoms with van der Waals surface area (Å²) in [4.78, 5) is 17.7. The smallest absolute Gasteiger partial charge is 0.263 e. The summed E-state index contributed by atoms with van der Waals surface area (Å²) >= 11 is 0. The van der Waals surface area contributed by atoms with Crippen molar-refractivity contribution < 1.29 is 9.53 Å². The summed E-state index contributed by atoms with van der Waals surface area (Å²) in [6, 6.07) is 22.9. The number of hydrogen-bond acceptors (Lipinski definition) is 5. The van der Waals surface area contributed by atoms with Crippen LogP contribution in [-0.4, -0.2) is 29.4 Å². The van der Waals surface area contributed by atoms with E-state index in [-0.39, 0.29) is 11.7 Å². The van der Waals surface area contributed by atoms with Crippen LogP contribution in [0.4, 0.5) is 23.0 Å². The average molecular weight is 440 g/mol. The van der Waals surface area contributed by atoms with Gasteiger partial charge in [0, 0.05) is 17.6 Å². The third kappa shape index (κ3) is 5.46. The molecule has 0 fully saturated rings. The Morgan fingerprint density at radius 1 is 0.909 bits per heavy atom. The van der Waals surface area contributed by atoms with E-state index in [4.69, 9.17) is 4.74 Å². The van der Waals surface area contributed by atoms with Crippen LogP contribution in [0.5, 0.6) is 5.75 Å². The Balaban J connectivity index is 1.65. The molecular formula is C26H25N5O2. The predicted octanol–water partition coefficient (Wildman–Crippen LogP) is 5.78. The number of aromatic amines is 1. The zero-order valence-corrected chi connectivity index (χ0v) is 18.7. The van der Waals surface area contributed by atoms with Gasteiger partial charge >= 0.3 is 0 Å². The van der Waals surface area contributed by atoms with Crippen molar-refractivity contribution in [2.45, 2.75) is 13.8 Å². The van der Waals surface area contributed by atoms with Gasteiger partial charge in [0.2, 0.25) is 0 Å². The maximum absolute atomic E-state index is 13.2. The molecule has 4 aromatic rings. The Kier molecular flexibility index (Phi) is 6.50. The third-order valence-electron chi connectivity index (χ3n) is 5.06. The minimum Gasteiger partial charge on any atom is -0.497 e. The molecule has 0 saturated heterocycles. The van der Waals surface area contributed by atoms with Crippen molar-refractivity contribution in [2.75, 3.05) is 17.7 Å². The van der Waals surface area contributed by atoms with Crippen LogP contribution in [0.1, 0.15) is 27.0 Å². The fourth-order valence-electron chi connectivity index (χ4n) is 3.17. The third-order valence-corrected chi connectivity index (χ3v) is 5.06. The van der Waals surface area contributed by atoms with E-state index in [1.807, 2.05) is 86.6 Å². The van der Waals surface area contributed by atoms with E-state index >= 15 is 0 Å². The summed E-state index contributed by atoms with van der Waals surface area (Å²) in [5, 5.41) is 13.3. The van der Waals surface area contributed by atoms with Gasteiger partial charge < -0.3 is 15.4 Å². The van der Waals surface area contributed by atoms with Crippen LogP contribution in [0.2, 0.25) is 0 Å². The molecule has 166 valence electrons. The van der Waals surface area contributed by atoms with Gasteiger partial charge in [0.15, 0.2) is 5.82 Å². The highest BCUT2D eigenvalue weighted by Crippen LogP contribution is 2.28. The number of carbonyl (C=O) groups is 1. The lowest BCUT2D eigenvalue weighted by molar-refractivity contribution is 0.102. The highest BCUT2D eigenvalue weighted by Gasteiger charge is 2.21. The van der Waals surface area contributed by atoms with E-state index in [2.05, 4.69) is 25.8 Å². The zero-order valence-electron chi connectivity index (χ0n) is 18.7. The number of aromatic nitrogens is 2. The lowest BCUT2D eigenvalue weighted by Crippen LogP contribution is -2.13. The monoisotopic (exact) mass is 439 g/mol. The summed E-state index contributed by atoms with van der Waals surface area (Å²) in [6.45, 7) is 4.02. The molecule has 7 heteroatoms. The second-order valence-corrected chi connectivity index (χ2v) is 7.64. The number of anilines is 3. The number of hydrogen-bond donors (Lipinski definition) is 3. The van der Waals surface area contributed by atoms with Crippen LogP contribution in [0, 0.1) is 13.8 Å². The molecule has 1 heterocycles. The molecule has 0 bridgehead atoms. The van der Waals surface area contributed by atoms with Crippen LogP contribution in [-0.2, 0) is 0 Å². The molecule has 7 nitrogen and oxygen atoms in total. The molecule has 3 aromatic carbocycles. The van der Waals surface area contributed by atoms with Gasteiger partial charge in [-0.3, -0.25) is 9.89 Å². The quantitative estimate of drug-likeness (QED) is 0.318. The fraction of sp³-hybridized carbons (Fsp3) is 0.115. The van der Waals surface area contributed by atoms with Gasteiger partial charge in [-0.2, -0.15) is 5.10 Å². The molecule has 1 aromatic heterocycles. The van der Waals surface area contributed by atoms with Crippen LogP contribution in [0.3, 0.4) is 0 Å². The first kappa shape index (κ1) is 21.8. The minimum absolute atomic E-state index is 0.288. The largest absolute Gasteiger partial charge is 0.497 e. The average Bonchev–Trinajstić information content (AvgIpc) is 3.23. The highest BCUT2D eigenvalue weighted by molar-refractivity contribution is 6.11. The number of amides is 1. The molecule has 33 heavy (non-hydrogen) atoms. The van der Waals surface area contributed by atoms with Gasteiger partial charge in [-0.1, -0.05) is 47.5 Å². The lowest BCUT2D eigenvalue weighted by atomic mass is 10.2. The Bertz CT molecular complexity index is 1260. The number of ether oxygens (including phenoxy) is 1. The molecular weight excluding hydrogens is 414 g/mol. The molecule has 0 aliphatic carbocycles. The molecule has 0 saturated carbocycles. The predicted molar refractivity (Wildman–Crippen MR) is 132 cm³/mol. The van der Waals surface area contributed by atoms with Crippen LogP contribution in [0.25, 0.3) is 0 Å². The molecule has 0 atom stereocenters. The van der Waals surface area contributed by atoms with E-state index in [0.717, 1.165) is 28.1 Å². The second-order valence-electron chi connectivity index (χ2n) is 7.64. The van der Waals surface area contributed by atoms with Crippen molar-refractivity contribution in [2.24, 2.45) is 4.99 Å². The topological polar surface area (TPSA) is 91.4 Å². The number of aryl methyl sites for hydroxylation is 2. The van der Waals surface area contributed by atoms with Gasteiger partial charge in [0.25, 0.3) is 5.91 Å². The number of aliphatic imine (C=N–C) groups is 1. The van der Waals surface area contributed by atoms with Gasteiger partial charge in [-0.05, 0) is 55.8 Å². The summed E-state index contributed by atoms with van der Waals surface area (Å²) in [6.07, 6.45) is 1.69. The van der Waals surface area contributed by atoms with Gasteiger partial charge in [-0.15, -0.1) is 0 Å². The van der Waals surface area contributed by atoms with Crippen LogP contribution >= 0.6 is 0 Å². The Morgan fingerprint density at radius 2 is 1.52 bits per heavy atom. The Labute approximate surface area is 192 Å². The van der Waals surface area contributed by atoms with Crippen molar-refractivity contribution in [3.63, 3.8) is 0 Å². The number of rotatable bonds is 7. The van der Waals surface area contributed by atoms with E-state index in [1.54, 1.807) is 13.3 Å². The summed E-state index contributed by atoms with van der Waals surface area (Å²) in [5.74, 6) is 1.16. The van der Waals surface area contributed by atoms with Crippen molar-refractivity contribution in [3.8, 4) is 5.75 Å². The second kappa shape index (κ2) is 9.82. The Hall–Kier alpha value is -4.39. The van der Waals surface area contributed by atoms with Crippen LogP contribution in [0.15, 0.2) is 77.8 Å². The van der Waals surface area contributed by atoms with Gasteiger partial charge in [0.05, 0.1) is 7.11 Å². The number of benzene rings is 3. The van der Waals surface area contributed by atoms with E-state index < -0.39 is 0 Å². The SMILES string of the molecule is COc1ccc(Nc2[nH]nc(N=Cc3ccc(C)cc3)c2C(=O)Nc2ccc(C)cc2)cc1. The highest BCUT2D eigenvalue weighted by atomic mass is 16.5. The summed E-state index contributed by atoms with van der Waals surface area (Å²) in [7, 11) is 1.61.